The lowest BCUT2D eigenvalue weighted by Gasteiger charge is -2.17. The molecule has 0 saturated carbocycles. The number of hydrogen-bond donors (Lipinski definition) is 0. The third-order valence-corrected chi connectivity index (χ3v) is 4.73. The van der Waals surface area contributed by atoms with Gasteiger partial charge in [-0.15, -0.1) is 0 Å². The van der Waals surface area contributed by atoms with Crippen LogP contribution < -0.4 is 14.2 Å². The van der Waals surface area contributed by atoms with E-state index in [0.717, 1.165) is 19.1 Å². The summed E-state index contributed by atoms with van der Waals surface area (Å²) >= 11 is 0. The highest BCUT2D eigenvalue weighted by Crippen LogP contribution is 2.41. The van der Waals surface area contributed by atoms with Crippen LogP contribution in [0.5, 0.6) is 23.0 Å². The van der Waals surface area contributed by atoms with E-state index in [1.807, 2.05) is 12.1 Å². The number of rotatable bonds is 11. The fourth-order valence-electron chi connectivity index (χ4n) is 3.22. The molecule has 0 bridgehead atoms. The van der Waals surface area contributed by atoms with Gasteiger partial charge in [0.1, 0.15) is 12.0 Å². The van der Waals surface area contributed by atoms with E-state index < -0.39 is 0 Å². The lowest BCUT2D eigenvalue weighted by atomic mass is 9.98. The Bertz CT molecular complexity index is 780. The van der Waals surface area contributed by atoms with Crippen LogP contribution in [0.2, 0.25) is 0 Å². The summed E-state index contributed by atoms with van der Waals surface area (Å²) in [6, 6.07) is 9.42. The topological polar surface area (TPSA) is 44.8 Å². The molecule has 4 nitrogen and oxygen atoms in total. The van der Waals surface area contributed by atoms with E-state index >= 15 is 0 Å². The highest BCUT2D eigenvalue weighted by molar-refractivity contribution is 5.78. The van der Waals surface area contributed by atoms with Gasteiger partial charge < -0.3 is 14.2 Å². The number of hydrogen-bond acceptors (Lipinski definition) is 4. The van der Waals surface area contributed by atoms with E-state index in [2.05, 4.69) is 33.8 Å². The second-order valence-corrected chi connectivity index (χ2v) is 7.35. The quantitative estimate of drug-likeness (QED) is 0.320. The van der Waals surface area contributed by atoms with Crippen LogP contribution in [0.25, 0.3) is 0 Å². The van der Waals surface area contributed by atoms with Crippen molar-refractivity contribution in [3.63, 3.8) is 0 Å². The van der Waals surface area contributed by atoms with Crippen molar-refractivity contribution < 1.29 is 19.0 Å². The average molecular weight is 385 g/mol. The van der Waals surface area contributed by atoms with Gasteiger partial charge in [-0.05, 0) is 54.7 Å². The number of carbonyl (C=O) groups is 1. The second-order valence-electron chi connectivity index (χ2n) is 7.35. The van der Waals surface area contributed by atoms with Crippen molar-refractivity contribution >= 4 is 6.29 Å². The minimum Gasteiger partial charge on any atom is -0.493 e. The molecule has 0 aliphatic carbocycles. The van der Waals surface area contributed by atoms with Crippen LogP contribution in [-0.2, 0) is 0 Å². The fourth-order valence-corrected chi connectivity index (χ4v) is 3.22. The van der Waals surface area contributed by atoms with Gasteiger partial charge in [0.05, 0.1) is 13.7 Å². The summed E-state index contributed by atoms with van der Waals surface area (Å²) in [5.41, 5.74) is 2.95. The molecule has 0 fully saturated rings. The number of ether oxygens (including phenoxy) is 3. The van der Waals surface area contributed by atoms with E-state index in [9.17, 15) is 4.79 Å². The third kappa shape index (κ3) is 5.75. The van der Waals surface area contributed by atoms with Gasteiger partial charge in [-0.25, -0.2) is 0 Å². The van der Waals surface area contributed by atoms with Crippen LogP contribution in [0.1, 0.15) is 73.9 Å². The molecule has 0 saturated heterocycles. The minimum atomic E-state index is 0.453. The van der Waals surface area contributed by atoms with Gasteiger partial charge in [-0.3, -0.25) is 4.79 Å². The van der Waals surface area contributed by atoms with Crippen LogP contribution in [-0.4, -0.2) is 20.0 Å². The maximum atomic E-state index is 11.3. The van der Waals surface area contributed by atoms with Gasteiger partial charge in [-0.2, -0.15) is 0 Å². The number of carbonyl (C=O) groups excluding carboxylic acids is 1. The SMILES string of the molecule is CCCCCCOc1c(OC)cc(C=O)cc1Oc1ccc(C(C)C)c(C)c1. The van der Waals surface area contributed by atoms with E-state index in [-0.39, 0.29) is 0 Å². The number of aryl methyl sites for hydroxylation is 1. The summed E-state index contributed by atoms with van der Waals surface area (Å²) in [4.78, 5) is 11.3. The molecular formula is C24H32O4. The van der Waals surface area contributed by atoms with Crippen molar-refractivity contribution in [2.45, 2.75) is 59.3 Å². The maximum absolute atomic E-state index is 11.3. The van der Waals surface area contributed by atoms with Crippen LogP contribution in [0.4, 0.5) is 0 Å². The highest BCUT2D eigenvalue weighted by Gasteiger charge is 2.16. The molecule has 0 aliphatic rings. The maximum Gasteiger partial charge on any atom is 0.204 e. The van der Waals surface area contributed by atoms with Crippen molar-refractivity contribution in [2.75, 3.05) is 13.7 Å². The lowest BCUT2D eigenvalue weighted by Crippen LogP contribution is -2.02. The highest BCUT2D eigenvalue weighted by atomic mass is 16.5. The van der Waals surface area contributed by atoms with Crippen molar-refractivity contribution in [3.05, 3.63) is 47.0 Å². The lowest BCUT2D eigenvalue weighted by molar-refractivity contribution is 0.112. The monoisotopic (exact) mass is 384 g/mol. The van der Waals surface area contributed by atoms with Gasteiger partial charge >= 0.3 is 0 Å². The fraction of sp³-hybridized carbons (Fsp3) is 0.458. The molecule has 0 aromatic heterocycles. The molecule has 2 aromatic rings. The zero-order chi connectivity index (χ0) is 20.5. The predicted molar refractivity (Wildman–Crippen MR) is 113 cm³/mol. The van der Waals surface area contributed by atoms with Gasteiger partial charge in [0.25, 0.3) is 0 Å². The molecule has 0 unspecified atom stereocenters. The molecule has 152 valence electrons. The molecule has 4 heteroatoms. The van der Waals surface area contributed by atoms with Gasteiger partial charge in [-0.1, -0.05) is 46.1 Å². The number of unbranched alkanes of at least 4 members (excludes halogenated alkanes) is 3. The summed E-state index contributed by atoms with van der Waals surface area (Å²) in [6.07, 6.45) is 5.24. The first-order valence-electron chi connectivity index (χ1n) is 10.1. The number of methoxy groups -OCH3 is 1. The minimum absolute atomic E-state index is 0.453. The van der Waals surface area contributed by atoms with Crippen LogP contribution in [0.15, 0.2) is 30.3 Å². The Labute approximate surface area is 168 Å². The molecule has 0 radical (unpaired) electrons. The van der Waals surface area contributed by atoms with Crippen molar-refractivity contribution in [1.29, 1.82) is 0 Å². The van der Waals surface area contributed by atoms with Gasteiger partial charge in [0, 0.05) is 5.56 Å². The predicted octanol–water partition coefficient (Wildman–Crippen LogP) is 6.69. The molecule has 2 aromatic carbocycles. The van der Waals surface area contributed by atoms with Crippen molar-refractivity contribution in [2.24, 2.45) is 0 Å². The first-order chi connectivity index (χ1) is 13.5. The zero-order valence-corrected chi connectivity index (χ0v) is 17.7. The first kappa shape index (κ1) is 21.8. The second kappa shape index (κ2) is 10.7. The summed E-state index contributed by atoms with van der Waals surface area (Å²) in [6.45, 7) is 9.19. The number of aldehydes is 1. The normalized spacial score (nSPS) is 10.8. The molecule has 28 heavy (non-hydrogen) atoms. The van der Waals surface area contributed by atoms with Gasteiger partial charge in [0.2, 0.25) is 5.75 Å². The Balaban J connectivity index is 2.29. The molecule has 0 heterocycles. The largest absolute Gasteiger partial charge is 0.493 e. The summed E-state index contributed by atoms with van der Waals surface area (Å²) in [5, 5.41) is 0. The Kier molecular flexibility index (Phi) is 8.37. The molecule has 2 rings (SSSR count). The van der Waals surface area contributed by atoms with Crippen LogP contribution in [0.3, 0.4) is 0 Å². The zero-order valence-electron chi connectivity index (χ0n) is 17.7. The van der Waals surface area contributed by atoms with Gasteiger partial charge in [0.15, 0.2) is 11.5 Å². The van der Waals surface area contributed by atoms with E-state index in [1.165, 1.54) is 24.0 Å². The molecular weight excluding hydrogens is 352 g/mol. The van der Waals surface area contributed by atoms with Crippen LogP contribution >= 0.6 is 0 Å². The van der Waals surface area contributed by atoms with E-state index in [0.29, 0.717) is 41.1 Å². The Hall–Kier alpha value is -2.49. The molecule has 0 atom stereocenters. The Morgan fingerprint density at radius 3 is 2.39 bits per heavy atom. The standard InChI is InChI=1S/C24H32O4/c1-6-7-8-9-12-27-24-22(26-5)14-19(16-25)15-23(24)28-20-10-11-21(17(2)3)18(4)13-20/h10-11,13-17H,6-9,12H2,1-5H3. The summed E-state index contributed by atoms with van der Waals surface area (Å²) < 4.78 is 17.6. The van der Waals surface area contributed by atoms with Crippen molar-refractivity contribution in [3.8, 4) is 23.0 Å². The molecule has 0 spiro atoms. The third-order valence-electron chi connectivity index (χ3n) is 4.73. The average Bonchev–Trinajstić information content (AvgIpc) is 2.68. The van der Waals surface area contributed by atoms with E-state index in [4.69, 9.17) is 14.2 Å². The van der Waals surface area contributed by atoms with E-state index in [1.54, 1.807) is 19.2 Å². The molecule has 0 N–H and O–H groups in total. The Morgan fingerprint density at radius 2 is 1.79 bits per heavy atom. The van der Waals surface area contributed by atoms with Crippen LogP contribution in [0, 0.1) is 6.92 Å². The first-order valence-corrected chi connectivity index (χ1v) is 10.1. The molecule has 0 amide bonds. The smallest absolute Gasteiger partial charge is 0.204 e. The Morgan fingerprint density at radius 1 is 1.04 bits per heavy atom. The number of benzene rings is 2. The van der Waals surface area contributed by atoms with Crippen molar-refractivity contribution in [1.82, 2.24) is 0 Å². The summed E-state index contributed by atoms with van der Waals surface area (Å²) in [7, 11) is 1.57. The molecule has 0 aliphatic heterocycles. The summed E-state index contributed by atoms with van der Waals surface area (Å²) in [5.74, 6) is 2.70.